The molecule has 1 aliphatic rings. The van der Waals surface area contributed by atoms with Crippen LogP contribution >= 0.6 is 0 Å². The number of aromatic nitrogens is 1. The zero-order chi connectivity index (χ0) is 13.5. The van der Waals surface area contributed by atoms with Crippen molar-refractivity contribution in [3.05, 3.63) is 30.0 Å². The van der Waals surface area contributed by atoms with Gasteiger partial charge in [-0.25, -0.2) is 9.78 Å². The number of hydrogen-bond donors (Lipinski definition) is 1. The largest absolute Gasteiger partial charge is 0.478 e. The van der Waals surface area contributed by atoms with Gasteiger partial charge in [0, 0.05) is 25.4 Å². The molecule has 1 aliphatic heterocycles. The van der Waals surface area contributed by atoms with Crippen LogP contribution in [0.3, 0.4) is 0 Å². The van der Waals surface area contributed by atoms with Crippen molar-refractivity contribution < 1.29 is 9.90 Å². The zero-order valence-electron chi connectivity index (χ0n) is 11.1. The van der Waals surface area contributed by atoms with Crippen LogP contribution in [-0.4, -0.2) is 29.1 Å². The Bertz CT molecular complexity index is 432. The number of pyridine rings is 1. The van der Waals surface area contributed by atoms with Gasteiger partial charge >= 0.3 is 5.97 Å². The summed E-state index contributed by atoms with van der Waals surface area (Å²) in [7, 11) is 0. The summed E-state index contributed by atoms with van der Waals surface area (Å²) >= 11 is 0. The Morgan fingerprint density at radius 1 is 1.16 bits per heavy atom. The first-order valence-corrected chi connectivity index (χ1v) is 6.88. The molecule has 102 valence electrons. The number of carboxylic acids is 1. The number of rotatable bonds is 3. The highest BCUT2D eigenvalue weighted by Gasteiger charge is 2.09. The number of carbonyl (C=O) groups is 1. The number of carboxylic acid groups (broad SMARTS) is 1. The molecule has 0 bridgehead atoms. The summed E-state index contributed by atoms with van der Waals surface area (Å²) in [5.74, 6) is 0.0576. The van der Waals surface area contributed by atoms with E-state index in [1.54, 1.807) is 12.3 Å². The van der Waals surface area contributed by atoms with Gasteiger partial charge in [-0.1, -0.05) is 19.3 Å². The van der Waals surface area contributed by atoms with Crippen LogP contribution in [0.25, 0.3) is 6.08 Å². The molecule has 1 aromatic heterocycles. The van der Waals surface area contributed by atoms with Crippen LogP contribution in [0.5, 0.6) is 0 Å². The molecule has 0 atom stereocenters. The lowest BCUT2D eigenvalue weighted by Crippen LogP contribution is -2.27. The molecule has 0 radical (unpaired) electrons. The molecule has 1 aromatic rings. The summed E-state index contributed by atoms with van der Waals surface area (Å²) in [5.41, 5.74) is 0.818. The molecular formula is C15H20N2O2. The van der Waals surface area contributed by atoms with Gasteiger partial charge in [-0.3, -0.25) is 0 Å². The lowest BCUT2D eigenvalue weighted by molar-refractivity contribution is -0.131. The van der Waals surface area contributed by atoms with Crippen LogP contribution < -0.4 is 4.90 Å². The lowest BCUT2D eigenvalue weighted by atomic mass is 10.1. The summed E-state index contributed by atoms with van der Waals surface area (Å²) in [6, 6.07) is 3.89. The Morgan fingerprint density at radius 2 is 1.84 bits per heavy atom. The molecule has 0 unspecified atom stereocenters. The van der Waals surface area contributed by atoms with E-state index >= 15 is 0 Å². The molecule has 0 amide bonds. The fourth-order valence-electron chi connectivity index (χ4n) is 2.33. The first-order chi connectivity index (χ1) is 9.25. The Balaban J connectivity index is 2.01. The highest BCUT2D eigenvalue weighted by molar-refractivity contribution is 5.85. The Hall–Kier alpha value is -1.84. The summed E-state index contributed by atoms with van der Waals surface area (Å²) in [6.45, 7) is 2.13. The van der Waals surface area contributed by atoms with E-state index in [0.29, 0.717) is 0 Å². The Kier molecular flexibility index (Phi) is 4.95. The van der Waals surface area contributed by atoms with E-state index in [4.69, 9.17) is 5.11 Å². The van der Waals surface area contributed by atoms with Crippen LogP contribution in [0.2, 0.25) is 0 Å². The minimum Gasteiger partial charge on any atom is -0.478 e. The van der Waals surface area contributed by atoms with Crippen molar-refractivity contribution in [3.8, 4) is 0 Å². The van der Waals surface area contributed by atoms with Crippen molar-refractivity contribution in [2.24, 2.45) is 0 Å². The van der Waals surface area contributed by atoms with Crippen molar-refractivity contribution in [1.82, 2.24) is 4.98 Å². The first kappa shape index (κ1) is 13.6. The maximum Gasteiger partial charge on any atom is 0.328 e. The van der Waals surface area contributed by atoms with E-state index in [1.807, 2.05) is 12.1 Å². The average Bonchev–Trinajstić information content (AvgIpc) is 2.37. The van der Waals surface area contributed by atoms with Gasteiger partial charge in [0.05, 0.1) is 0 Å². The number of anilines is 1. The minimum absolute atomic E-state index is 0.818. The predicted molar refractivity (Wildman–Crippen MR) is 76.2 cm³/mol. The highest BCUT2D eigenvalue weighted by Crippen LogP contribution is 2.17. The lowest BCUT2D eigenvalue weighted by Gasteiger charge is -2.25. The van der Waals surface area contributed by atoms with Crippen molar-refractivity contribution in [2.75, 3.05) is 18.0 Å². The second kappa shape index (κ2) is 6.92. The molecule has 4 nitrogen and oxygen atoms in total. The summed E-state index contributed by atoms with van der Waals surface area (Å²) < 4.78 is 0. The Labute approximate surface area is 113 Å². The number of hydrogen-bond acceptors (Lipinski definition) is 3. The zero-order valence-corrected chi connectivity index (χ0v) is 11.1. The van der Waals surface area contributed by atoms with Crippen LogP contribution in [0.15, 0.2) is 24.4 Å². The van der Waals surface area contributed by atoms with Crippen LogP contribution in [0, 0.1) is 0 Å². The smallest absolute Gasteiger partial charge is 0.328 e. The van der Waals surface area contributed by atoms with Crippen molar-refractivity contribution in [3.63, 3.8) is 0 Å². The van der Waals surface area contributed by atoms with Gasteiger partial charge in [-0.2, -0.15) is 0 Å². The second-order valence-corrected chi connectivity index (χ2v) is 4.88. The third kappa shape index (κ3) is 4.39. The Morgan fingerprint density at radius 3 is 2.42 bits per heavy atom. The van der Waals surface area contributed by atoms with E-state index in [1.165, 1.54) is 32.1 Å². The molecule has 4 heteroatoms. The molecule has 0 spiro atoms. The predicted octanol–water partition coefficient (Wildman–Crippen LogP) is 2.95. The third-order valence-corrected chi connectivity index (χ3v) is 3.37. The van der Waals surface area contributed by atoms with Gasteiger partial charge in [0.25, 0.3) is 0 Å². The maximum atomic E-state index is 10.4. The van der Waals surface area contributed by atoms with Crippen LogP contribution in [0.1, 0.15) is 37.7 Å². The SMILES string of the molecule is O=C(O)/C=C/c1ccc(N2CCCCCCC2)nc1. The van der Waals surface area contributed by atoms with Gasteiger partial charge in [0.15, 0.2) is 0 Å². The average molecular weight is 260 g/mol. The fraction of sp³-hybridized carbons (Fsp3) is 0.467. The van der Waals surface area contributed by atoms with Gasteiger partial charge < -0.3 is 10.0 Å². The number of nitrogens with zero attached hydrogens (tertiary/aromatic N) is 2. The van der Waals surface area contributed by atoms with Crippen molar-refractivity contribution in [1.29, 1.82) is 0 Å². The first-order valence-electron chi connectivity index (χ1n) is 6.88. The molecule has 0 saturated carbocycles. The van der Waals surface area contributed by atoms with E-state index < -0.39 is 5.97 Å². The molecular weight excluding hydrogens is 240 g/mol. The fourth-order valence-corrected chi connectivity index (χ4v) is 2.33. The van der Waals surface area contributed by atoms with Crippen molar-refractivity contribution in [2.45, 2.75) is 32.1 Å². The van der Waals surface area contributed by atoms with E-state index in [2.05, 4.69) is 9.88 Å². The number of aliphatic carboxylic acids is 1. The topological polar surface area (TPSA) is 53.4 Å². The maximum absolute atomic E-state index is 10.4. The molecule has 19 heavy (non-hydrogen) atoms. The standard InChI is InChI=1S/C15H20N2O2/c18-15(19)9-7-13-6-8-14(16-12-13)17-10-4-2-1-3-5-11-17/h6-9,12H,1-5,10-11H2,(H,18,19)/b9-7+. The molecule has 1 N–H and O–H groups in total. The van der Waals surface area contributed by atoms with Gasteiger partial charge in [-0.15, -0.1) is 0 Å². The van der Waals surface area contributed by atoms with Crippen LogP contribution in [0.4, 0.5) is 5.82 Å². The molecule has 1 fully saturated rings. The van der Waals surface area contributed by atoms with Gasteiger partial charge in [0.1, 0.15) is 5.82 Å². The third-order valence-electron chi connectivity index (χ3n) is 3.37. The molecule has 0 aliphatic carbocycles. The van der Waals surface area contributed by atoms with E-state index in [-0.39, 0.29) is 0 Å². The van der Waals surface area contributed by atoms with Gasteiger partial charge in [-0.05, 0) is 36.6 Å². The summed E-state index contributed by atoms with van der Waals surface area (Å²) in [5, 5.41) is 8.58. The van der Waals surface area contributed by atoms with Crippen molar-refractivity contribution >= 4 is 17.9 Å². The second-order valence-electron chi connectivity index (χ2n) is 4.88. The van der Waals surface area contributed by atoms with Crippen LogP contribution in [-0.2, 0) is 4.79 Å². The summed E-state index contributed by atoms with van der Waals surface area (Å²) in [6.07, 6.45) is 10.8. The normalized spacial score (nSPS) is 17.2. The molecule has 2 rings (SSSR count). The monoisotopic (exact) mass is 260 g/mol. The minimum atomic E-state index is -0.937. The highest BCUT2D eigenvalue weighted by atomic mass is 16.4. The molecule has 2 heterocycles. The molecule has 0 aromatic carbocycles. The summed E-state index contributed by atoms with van der Waals surface area (Å²) in [4.78, 5) is 17.2. The van der Waals surface area contributed by atoms with E-state index in [0.717, 1.165) is 30.5 Å². The van der Waals surface area contributed by atoms with E-state index in [9.17, 15) is 4.79 Å². The van der Waals surface area contributed by atoms with Gasteiger partial charge in [0.2, 0.25) is 0 Å². The molecule has 1 saturated heterocycles. The quantitative estimate of drug-likeness (QED) is 0.849.